The number of hydrazine groups is 1. The van der Waals surface area contributed by atoms with Crippen molar-refractivity contribution in [2.75, 3.05) is 6.54 Å². The van der Waals surface area contributed by atoms with Crippen LogP contribution in [-0.2, 0) is 0 Å². The smallest absolute Gasteiger partial charge is 0.205 e. The lowest BCUT2D eigenvalue weighted by atomic mass is 10.1. The van der Waals surface area contributed by atoms with Crippen molar-refractivity contribution in [2.45, 2.75) is 77.2 Å². The van der Waals surface area contributed by atoms with Crippen molar-refractivity contribution in [1.29, 1.82) is 0 Å². The molecule has 0 spiro atoms. The van der Waals surface area contributed by atoms with E-state index in [9.17, 15) is 0 Å². The Morgan fingerprint density at radius 3 is 2.22 bits per heavy atom. The lowest BCUT2D eigenvalue weighted by molar-refractivity contribution is 0.578. The highest BCUT2D eigenvalue weighted by Gasteiger charge is 2.21. The molecule has 1 saturated carbocycles. The number of guanidine groups is 1. The van der Waals surface area contributed by atoms with E-state index < -0.39 is 0 Å². The zero-order chi connectivity index (χ0) is 13.1. The minimum Gasteiger partial charge on any atom is -0.353 e. The molecule has 4 heteroatoms. The van der Waals surface area contributed by atoms with Gasteiger partial charge in [0, 0.05) is 12.6 Å². The molecular weight excluding hydrogens is 224 g/mol. The first kappa shape index (κ1) is 15.3. The number of nitrogens with zero attached hydrogens (tertiary/aromatic N) is 1. The van der Waals surface area contributed by atoms with Gasteiger partial charge in [0.2, 0.25) is 5.96 Å². The molecular formula is C14H30N4. The molecule has 0 aromatic carbocycles. The van der Waals surface area contributed by atoms with Gasteiger partial charge in [-0.25, -0.2) is 5.84 Å². The second-order valence-electron chi connectivity index (χ2n) is 5.27. The van der Waals surface area contributed by atoms with Crippen LogP contribution in [0.3, 0.4) is 0 Å². The van der Waals surface area contributed by atoms with E-state index in [1.165, 1.54) is 64.2 Å². The summed E-state index contributed by atoms with van der Waals surface area (Å²) in [6.45, 7) is 3.14. The van der Waals surface area contributed by atoms with Gasteiger partial charge in [-0.05, 0) is 19.3 Å². The Morgan fingerprint density at radius 2 is 1.67 bits per heavy atom. The van der Waals surface area contributed by atoms with Crippen LogP contribution in [0.15, 0.2) is 4.99 Å². The Bertz CT molecular complexity index is 224. The van der Waals surface area contributed by atoms with Gasteiger partial charge in [-0.15, -0.1) is 0 Å². The third-order valence-electron chi connectivity index (χ3n) is 3.34. The summed E-state index contributed by atoms with van der Waals surface area (Å²) in [6.07, 6.45) is 13.2. The molecule has 18 heavy (non-hydrogen) atoms. The number of nitrogens with one attached hydrogen (secondary N) is 2. The minimum absolute atomic E-state index is 0.610. The number of hydrogen-bond acceptors (Lipinski definition) is 2. The molecule has 1 aliphatic carbocycles. The van der Waals surface area contributed by atoms with E-state index >= 15 is 0 Å². The number of hydrogen-bond donors (Lipinski definition) is 3. The molecule has 106 valence electrons. The summed E-state index contributed by atoms with van der Waals surface area (Å²) >= 11 is 0. The molecule has 0 heterocycles. The van der Waals surface area contributed by atoms with Gasteiger partial charge in [-0.1, -0.05) is 51.9 Å². The Morgan fingerprint density at radius 1 is 1.06 bits per heavy atom. The fourth-order valence-corrected chi connectivity index (χ4v) is 1.99. The van der Waals surface area contributed by atoms with Crippen molar-refractivity contribution in [2.24, 2.45) is 10.8 Å². The van der Waals surface area contributed by atoms with Crippen molar-refractivity contribution >= 4 is 5.96 Å². The van der Waals surface area contributed by atoms with Crippen molar-refractivity contribution in [3.8, 4) is 0 Å². The second-order valence-corrected chi connectivity index (χ2v) is 5.27. The molecule has 0 radical (unpaired) electrons. The Kier molecular flexibility index (Phi) is 8.65. The molecule has 0 unspecified atom stereocenters. The van der Waals surface area contributed by atoms with Crippen LogP contribution in [-0.4, -0.2) is 18.5 Å². The maximum absolute atomic E-state index is 5.41. The van der Waals surface area contributed by atoms with E-state index in [-0.39, 0.29) is 0 Å². The van der Waals surface area contributed by atoms with E-state index in [2.05, 4.69) is 22.7 Å². The van der Waals surface area contributed by atoms with Crippen LogP contribution in [0.1, 0.15) is 71.1 Å². The first-order chi connectivity index (χ1) is 8.86. The Labute approximate surface area is 112 Å². The van der Waals surface area contributed by atoms with Crippen LogP contribution in [0.25, 0.3) is 0 Å². The lowest BCUT2D eigenvalue weighted by Gasteiger charge is -2.07. The summed E-state index contributed by atoms with van der Waals surface area (Å²) in [6, 6.07) is 0.610. The normalized spacial score (nSPS) is 15.8. The highest BCUT2D eigenvalue weighted by Crippen LogP contribution is 2.18. The standard InChI is InChI=1S/C14H30N4/c1-2-3-4-5-6-7-8-9-12-16-14(18-15)17-13-10-11-13/h13H,2-12,15H2,1H3,(H2,16,17,18). The fourth-order valence-electron chi connectivity index (χ4n) is 1.99. The van der Waals surface area contributed by atoms with Crippen LogP contribution in [0.4, 0.5) is 0 Å². The summed E-state index contributed by atoms with van der Waals surface area (Å²) in [7, 11) is 0. The molecule has 4 nitrogen and oxygen atoms in total. The average molecular weight is 254 g/mol. The predicted molar refractivity (Wildman–Crippen MR) is 78.4 cm³/mol. The van der Waals surface area contributed by atoms with Crippen LogP contribution in [0, 0.1) is 0 Å². The van der Waals surface area contributed by atoms with Gasteiger partial charge >= 0.3 is 0 Å². The summed E-state index contributed by atoms with van der Waals surface area (Å²) in [5, 5.41) is 3.28. The molecule has 0 aliphatic heterocycles. The van der Waals surface area contributed by atoms with Gasteiger partial charge in [0.05, 0.1) is 0 Å². The van der Waals surface area contributed by atoms with Gasteiger partial charge in [0.15, 0.2) is 0 Å². The predicted octanol–water partition coefficient (Wildman–Crippen LogP) is 2.70. The molecule has 0 amide bonds. The largest absolute Gasteiger partial charge is 0.353 e. The van der Waals surface area contributed by atoms with E-state index in [0.717, 1.165) is 12.5 Å². The summed E-state index contributed by atoms with van der Waals surface area (Å²) in [5.74, 6) is 6.18. The number of nitrogens with two attached hydrogens (primary N) is 1. The first-order valence-electron chi connectivity index (χ1n) is 7.64. The summed E-state index contributed by atoms with van der Waals surface area (Å²) in [5.41, 5.74) is 2.64. The zero-order valence-electron chi connectivity index (χ0n) is 11.9. The molecule has 0 aromatic rings. The van der Waals surface area contributed by atoms with Crippen molar-refractivity contribution in [3.05, 3.63) is 0 Å². The van der Waals surface area contributed by atoms with Crippen molar-refractivity contribution in [3.63, 3.8) is 0 Å². The summed E-state index contributed by atoms with van der Waals surface area (Å²) < 4.78 is 0. The Balaban J connectivity index is 1.88. The summed E-state index contributed by atoms with van der Waals surface area (Å²) in [4.78, 5) is 4.44. The highest BCUT2D eigenvalue weighted by molar-refractivity contribution is 5.79. The van der Waals surface area contributed by atoms with Gasteiger partial charge in [-0.3, -0.25) is 10.4 Å². The van der Waals surface area contributed by atoms with E-state index in [1.54, 1.807) is 0 Å². The first-order valence-corrected chi connectivity index (χ1v) is 7.64. The second kappa shape index (κ2) is 10.2. The van der Waals surface area contributed by atoms with E-state index in [0.29, 0.717) is 6.04 Å². The zero-order valence-corrected chi connectivity index (χ0v) is 11.9. The topological polar surface area (TPSA) is 62.4 Å². The molecule has 1 fully saturated rings. The molecule has 4 N–H and O–H groups in total. The third-order valence-corrected chi connectivity index (χ3v) is 3.34. The minimum atomic E-state index is 0.610. The highest BCUT2D eigenvalue weighted by atomic mass is 15.3. The molecule has 0 saturated heterocycles. The third kappa shape index (κ3) is 8.34. The maximum atomic E-state index is 5.41. The monoisotopic (exact) mass is 254 g/mol. The van der Waals surface area contributed by atoms with Gasteiger partial charge in [0.25, 0.3) is 0 Å². The lowest BCUT2D eigenvalue weighted by Crippen LogP contribution is -2.42. The number of aliphatic imine (C=N–C) groups is 1. The Hall–Kier alpha value is -0.770. The van der Waals surface area contributed by atoms with Crippen LogP contribution in [0.2, 0.25) is 0 Å². The van der Waals surface area contributed by atoms with Gasteiger partial charge in [0.1, 0.15) is 0 Å². The number of unbranched alkanes of at least 4 members (excludes halogenated alkanes) is 7. The van der Waals surface area contributed by atoms with Crippen LogP contribution >= 0.6 is 0 Å². The molecule has 1 rings (SSSR count). The van der Waals surface area contributed by atoms with Gasteiger partial charge in [-0.2, -0.15) is 0 Å². The number of rotatable bonds is 10. The average Bonchev–Trinajstić information content (AvgIpc) is 3.19. The maximum Gasteiger partial charge on any atom is 0.205 e. The fraction of sp³-hybridized carbons (Fsp3) is 0.929. The van der Waals surface area contributed by atoms with Crippen molar-refractivity contribution < 1.29 is 0 Å². The quantitative estimate of drug-likeness (QED) is 0.185. The molecule has 0 bridgehead atoms. The van der Waals surface area contributed by atoms with E-state index in [4.69, 9.17) is 5.84 Å². The molecule has 0 atom stereocenters. The van der Waals surface area contributed by atoms with Crippen molar-refractivity contribution in [1.82, 2.24) is 10.7 Å². The van der Waals surface area contributed by atoms with Crippen LogP contribution in [0.5, 0.6) is 0 Å². The van der Waals surface area contributed by atoms with Gasteiger partial charge < -0.3 is 5.32 Å². The molecule has 1 aliphatic rings. The van der Waals surface area contributed by atoms with E-state index in [1.807, 2.05) is 0 Å². The molecule has 0 aromatic heterocycles. The SMILES string of the molecule is CCCCCCCCCCN=C(NN)NC1CC1. The van der Waals surface area contributed by atoms with Crippen LogP contribution < -0.4 is 16.6 Å².